The van der Waals surface area contributed by atoms with Gasteiger partial charge in [0.05, 0.1) is 11.3 Å². The van der Waals surface area contributed by atoms with Crippen LogP contribution in [0.5, 0.6) is 0 Å². The van der Waals surface area contributed by atoms with Crippen molar-refractivity contribution in [1.82, 2.24) is 24.2 Å². The molecule has 0 bridgehead atoms. The Bertz CT molecular complexity index is 1690. The molecule has 0 aliphatic carbocycles. The predicted octanol–water partition coefficient (Wildman–Crippen LogP) is 5.39. The van der Waals surface area contributed by atoms with Crippen molar-refractivity contribution in [2.75, 3.05) is 30.8 Å². The van der Waals surface area contributed by atoms with Crippen molar-refractivity contribution < 1.29 is 8.42 Å². The molecule has 0 atom stereocenters. The summed E-state index contributed by atoms with van der Waals surface area (Å²) in [5.74, 6) is 1.21. The lowest BCUT2D eigenvalue weighted by Gasteiger charge is -2.24. The molecule has 0 saturated heterocycles. The Kier molecular flexibility index (Phi) is 8.13. The largest absolute Gasteiger partial charge is 0.353 e. The zero-order valence-electron chi connectivity index (χ0n) is 21.1. The van der Waals surface area contributed by atoms with Gasteiger partial charge in [-0.05, 0) is 48.4 Å². The fraction of sp³-hybridized carbons (Fsp3) is 0.179. The maximum absolute atomic E-state index is 11.8. The Morgan fingerprint density at radius 2 is 1.62 bits per heavy atom. The number of rotatable bonds is 10. The minimum Gasteiger partial charge on any atom is -0.353 e. The van der Waals surface area contributed by atoms with Gasteiger partial charge in [-0.15, -0.1) is 0 Å². The Balaban J connectivity index is 1.64. The number of aromatic nitrogens is 4. The summed E-state index contributed by atoms with van der Waals surface area (Å²) in [7, 11) is -3.35. The molecule has 8 nitrogen and oxygen atoms in total. The number of benzene rings is 3. The third-order valence-electron chi connectivity index (χ3n) is 6.18. The van der Waals surface area contributed by atoms with Gasteiger partial charge in [-0.1, -0.05) is 65.7 Å². The molecule has 2 heterocycles. The van der Waals surface area contributed by atoms with E-state index < -0.39 is 10.0 Å². The monoisotopic (exact) mass is 580 g/mol. The van der Waals surface area contributed by atoms with E-state index in [1.165, 1.54) is 6.33 Å². The van der Waals surface area contributed by atoms with E-state index in [2.05, 4.69) is 26.8 Å². The summed E-state index contributed by atoms with van der Waals surface area (Å²) in [4.78, 5) is 16.3. The quantitative estimate of drug-likeness (QED) is 0.238. The molecule has 0 saturated carbocycles. The van der Waals surface area contributed by atoms with Crippen LogP contribution in [-0.2, 0) is 16.4 Å². The highest BCUT2D eigenvalue weighted by Gasteiger charge is 2.23. The molecule has 0 radical (unpaired) electrons. The first-order valence-corrected chi connectivity index (χ1v) is 14.9. The molecule has 11 heteroatoms. The molecule has 2 aromatic heterocycles. The average molecular weight is 582 g/mol. The number of anilines is 1. The second-order valence-corrected chi connectivity index (χ2v) is 11.7. The van der Waals surface area contributed by atoms with Crippen molar-refractivity contribution >= 4 is 50.2 Å². The van der Waals surface area contributed by atoms with Gasteiger partial charge in [-0.25, -0.2) is 28.1 Å². The third kappa shape index (κ3) is 6.39. The van der Waals surface area contributed by atoms with Crippen LogP contribution in [-0.4, -0.2) is 53.8 Å². The highest BCUT2D eigenvalue weighted by atomic mass is 35.5. The van der Waals surface area contributed by atoms with Gasteiger partial charge in [0.2, 0.25) is 10.0 Å². The fourth-order valence-electron chi connectivity index (χ4n) is 4.37. The molecular formula is C28H26Cl2N6O2S. The number of hydrogen-bond acceptors (Lipinski definition) is 6. The summed E-state index contributed by atoms with van der Waals surface area (Å²) in [6.07, 6.45) is 3.38. The van der Waals surface area contributed by atoms with Crippen LogP contribution in [0.4, 0.5) is 5.82 Å². The molecule has 200 valence electrons. The second-order valence-electron chi connectivity index (χ2n) is 8.99. The topological polar surface area (TPSA) is 93.0 Å². The van der Waals surface area contributed by atoms with Crippen LogP contribution < -0.4 is 9.62 Å². The van der Waals surface area contributed by atoms with Crippen LogP contribution in [0.2, 0.25) is 10.0 Å². The third-order valence-corrected chi connectivity index (χ3v) is 7.49. The molecule has 0 aliphatic heterocycles. The predicted molar refractivity (Wildman–Crippen MR) is 157 cm³/mol. The van der Waals surface area contributed by atoms with E-state index in [1.807, 2.05) is 76.2 Å². The Labute approximate surface area is 237 Å². The summed E-state index contributed by atoms with van der Waals surface area (Å²) >= 11 is 12.8. The van der Waals surface area contributed by atoms with Gasteiger partial charge in [0.15, 0.2) is 17.0 Å². The van der Waals surface area contributed by atoms with E-state index in [4.69, 9.17) is 28.2 Å². The van der Waals surface area contributed by atoms with Gasteiger partial charge in [0.1, 0.15) is 12.2 Å². The molecule has 5 aromatic rings. The molecule has 0 unspecified atom stereocenters. The van der Waals surface area contributed by atoms with Crippen LogP contribution >= 0.6 is 23.2 Å². The van der Waals surface area contributed by atoms with Crippen molar-refractivity contribution in [2.45, 2.75) is 6.42 Å². The maximum atomic E-state index is 11.8. The summed E-state index contributed by atoms with van der Waals surface area (Å²) in [6, 6.07) is 25.0. The summed E-state index contributed by atoms with van der Waals surface area (Å²) < 4.78 is 28.0. The standard InChI is InChI=1S/C28H26Cl2N6O2S/c1-39(37,38)33-16-18-35(17-15-20-7-3-2-4-8-20)27-25-28(32-19-31-27)36(22-13-11-21(29)12-14-22)26(34-25)23-9-5-6-10-24(23)30/h2-14,19,33H,15-18H2,1H3. The first kappa shape index (κ1) is 27.1. The van der Waals surface area contributed by atoms with E-state index in [0.29, 0.717) is 45.9 Å². The normalized spacial score (nSPS) is 11.7. The zero-order chi connectivity index (χ0) is 27.4. The van der Waals surface area contributed by atoms with E-state index >= 15 is 0 Å². The van der Waals surface area contributed by atoms with Crippen LogP contribution in [0.1, 0.15) is 5.56 Å². The number of hydrogen-bond donors (Lipinski definition) is 1. The molecule has 5 rings (SSSR count). The number of fused-ring (bicyclic) bond motifs is 1. The highest BCUT2D eigenvalue weighted by molar-refractivity contribution is 7.88. The molecule has 1 N–H and O–H groups in total. The van der Waals surface area contributed by atoms with Gasteiger partial charge >= 0.3 is 0 Å². The minimum atomic E-state index is -3.35. The number of nitrogens with one attached hydrogen (secondary N) is 1. The SMILES string of the molecule is CS(=O)(=O)NCCN(CCc1ccccc1)c1ncnc2c1nc(-c1ccccc1Cl)n2-c1ccc(Cl)cc1. The van der Waals surface area contributed by atoms with Gasteiger partial charge in [-0.2, -0.15) is 0 Å². The second kappa shape index (κ2) is 11.7. The molecule has 0 amide bonds. The number of sulfonamides is 1. The Morgan fingerprint density at radius 1 is 0.897 bits per heavy atom. The van der Waals surface area contributed by atoms with Crippen molar-refractivity contribution in [3.63, 3.8) is 0 Å². The Morgan fingerprint density at radius 3 is 2.33 bits per heavy atom. The molecular weight excluding hydrogens is 555 g/mol. The van der Waals surface area contributed by atoms with E-state index in [1.54, 1.807) is 0 Å². The van der Waals surface area contributed by atoms with Crippen LogP contribution in [0.3, 0.4) is 0 Å². The smallest absolute Gasteiger partial charge is 0.208 e. The number of halogens is 2. The number of imidazole rings is 1. The Hall–Kier alpha value is -3.50. The average Bonchev–Trinajstić information content (AvgIpc) is 3.31. The van der Waals surface area contributed by atoms with Gasteiger partial charge < -0.3 is 4.90 Å². The lowest BCUT2D eigenvalue weighted by Crippen LogP contribution is -2.36. The maximum Gasteiger partial charge on any atom is 0.208 e. The summed E-state index contributed by atoms with van der Waals surface area (Å²) in [6.45, 7) is 1.20. The molecule has 0 aliphatic rings. The molecule has 0 spiro atoms. The van der Waals surface area contributed by atoms with Crippen molar-refractivity contribution in [1.29, 1.82) is 0 Å². The van der Waals surface area contributed by atoms with E-state index in [9.17, 15) is 8.42 Å². The molecule has 3 aromatic carbocycles. The first-order chi connectivity index (χ1) is 18.8. The fourth-order valence-corrected chi connectivity index (χ4v) is 5.18. The van der Waals surface area contributed by atoms with Crippen molar-refractivity contribution in [2.24, 2.45) is 0 Å². The number of nitrogens with zero attached hydrogens (tertiary/aromatic N) is 5. The molecule has 0 fully saturated rings. The summed E-state index contributed by atoms with van der Waals surface area (Å²) in [5.41, 5.74) is 3.89. The zero-order valence-corrected chi connectivity index (χ0v) is 23.5. The van der Waals surface area contributed by atoms with E-state index in [0.717, 1.165) is 29.5 Å². The van der Waals surface area contributed by atoms with Crippen LogP contribution in [0.15, 0.2) is 85.2 Å². The van der Waals surface area contributed by atoms with Crippen molar-refractivity contribution in [3.05, 3.63) is 101 Å². The van der Waals surface area contributed by atoms with Crippen LogP contribution in [0.25, 0.3) is 28.2 Å². The van der Waals surface area contributed by atoms with E-state index in [-0.39, 0.29) is 6.54 Å². The minimum absolute atomic E-state index is 0.217. The molecule has 39 heavy (non-hydrogen) atoms. The van der Waals surface area contributed by atoms with Gasteiger partial charge in [0, 0.05) is 35.9 Å². The first-order valence-electron chi connectivity index (χ1n) is 12.3. The summed E-state index contributed by atoms with van der Waals surface area (Å²) in [5, 5.41) is 1.17. The lowest BCUT2D eigenvalue weighted by molar-refractivity contribution is 0.586. The lowest BCUT2D eigenvalue weighted by atomic mass is 10.1. The van der Waals surface area contributed by atoms with Crippen molar-refractivity contribution in [3.8, 4) is 17.1 Å². The van der Waals surface area contributed by atoms with Gasteiger partial charge in [0.25, 0.3) is 0 Å². The highest BCUT2D eigenvalue weighted by Crippen LogP contribution is 2.34. The van der Waals surface area contributed by atoms with Crippen LogP contribution in [0, 0.1) is 0 Å². The van der Waals surface area contributed by atoms with Gasteiger partial charge in [-0.3, -0.25) is 4.57 Å².